The summed E-state index contributed by atoms with van der Waals surface area (Å²) in [6.07, 6.45) is -4.52. The van der Waals surface area contributed by atoms with Crippen LogP contribution in [0.2, 0.25) is 0 Å². The van der Waals surface area contributed by atoms with Crippen molar-refractivity contribution in [1.29, 1.82) is 0 Å². The monoisotopic (exact) mass is 401 g/mol. The first-order valence-corrected chi connectivity index (χ1v) is 8.74. The van der Waals surface area contributed by atoms with E-state index in [0.29, 0.717) is 11.4 Å². The van der Waals surface area contributed by atoms with Gasteiger partial charge in [-0.15, -0.1) is 0 Å². The Bertz CT molecular complexity index is 1150. The van der Waals surface area contributed by atoms with Crippen molar-refractivity contribution in [3.05, 3.63) is 86.8 Å². The summed E-state index contributed by atoms with van der Waals surface area (Å²) in [6.45, 7) is 5.24. The Morgan fingerprint density at radius 1 is 1.03 bits per heavy atom. The third-order valence-electron chi connectivity index (χ3n) is 4.59. The number of halogens is 3. The minimum Gasteiger partial charge on any atom is -0.320 e. The van der Waals surface area contributed by atoms with E-state index in [0.717, 1.165) is 27.9 Å². The second-order valence-corrected chi connectivity index (χ2v) is 6.66. The molecule has 0 saturated heterocycles. The van der Waals surface area contributed by atoms with E-state index in [2.05, 4.69) is 10.4 Å². The van der Waals surface area contributed by atoms with Gasteiger partial charge in [-0.1, -0.05) is 18.2 Å². The second-order valence-electron chi connectivity index (χ2n) is 6.66. The first-order valence-electron chi connectivity index (χ1n) is 8.74. The van der Waals surface area contributed by atoms with Crippen LogP contribution in [0.15, 0.2) is 53.3 Å². The van der Waals surface area contributed by atoms with Gasteiger partial charge in [0, 0.05) is 17.4 Å². The Hall–Kier alpha value is -3.42. The number of hydrogen-bond acceptors (Lipinski definition) is 3. The highest BCUT2D eigenvalue weighted by Gasteiger charge is 2.30. The van der Waals surface area contributed by atoms with Gasteiger partial charge in [-0.2, -0.15) is 18.3 Å². The molecule has 0 saturated carbocycles. The average molecular weight is 401 g/mol. The van der Waals surface area contributed by atoms with E-state index in [1.54, 1.807) is 12.1 Å². The van der Waals surface area contributed by atoms with Gasteiger partial charge in [0.1, 0.15) is 0 Å². The zero-order valence-corrected chi connectivity index (χ0v) is 16.0. The Morgan fingerprint density at radius 2 is 1.72 bits per heavy atom. The molecule has 0 aliphatic rings. The minimum absolute atomic E-state index is 0.0955. The number of nitrogens with zero attached hydrogens (tertiary/aromatic N) is 2. The van der Waals surface area contributed by atoms with E-state index >= 15 is 0 Å². The normalized spacial score (nSPS) is 11.4. The highest BCUT2D eigenvalue weighted by Crippen LogP contribution is 2.30. The molecule has 0 aliphatic heterocycles. The van der Waals surface area contributed by atoms with Crippen molar-refractivity contribution in [3.63, 3.8) is 0 Å². The standard InChI is InChI=1S/C21H18F3N3O2/c1-12-6-4-9-17(14(12)3)25-20(29)19-18(28)10-13(2)27(26-19)16-8-5-7-15(11-16)21(22,23)24/h4-11H,1-3H3,(H,25,29). The zero-order valence-electron chi connectivity index (χ0n) is 16.0. The number of nitrogens with one attached hydrogen (secondary N) is 1. The zero-order chi connectivity index (χ0) is 21.3. The number of carbonyl (C=O) groups is 1. The summed E-state index contributed by atoms with van der Waals surface area (Å²) < 4.78 is 40.2. The van der Waals surface area contributed by atoms with Crippen LogP contribution in [0.3, 0.4) is 0 Å². The molecular formula is C21H18F3N3O2. The van der Waals surface area contributed by atoms with Crippen LogP contribution in [0.5, 0.6) is 0 Å². The summed E-state index contributed by atoms with van der Waals surface area (Å²) in [6, 6.07) is 11.0. The smallest absolute Gasteiger partial charge is 0.320 e. The van der Waals surface area contributed by atoms with Crippen molar-refractivity contribution < 1.29 is 18.0 Å². The molecule has 150 valence electrons. The van der Waals surface area contributed by atoms with E-state index in [1.165, 1.54) is 25.1 Å². The quantitative estimate of drug-likeness (QED) is 0.706. The number of aryl methyl sites for hydroxylation is 2. The molecule has 3 aromatic rings. The molecule has 29 heavy (non-hydrogen) atoms. The molecule has 0 unspecified atom stereocenters. The highest BCUT2D eigenvalue weighted by molar-refractivity contribution is 6.03. The summed E-state index contributed by atoms with van der Waals surface area (Å²) >= 11 is 0. The number of rotatable bonds is 3. The molecule has 1 heterocycles. The number of amides is 1. The van der Waals surface area contributed by atoms with E-state index in [1.807, 2.05) is 19.9 Å². The number of carbonyl (C=O) groups excluding carboxylic acids is 1. The van der Waals surface area contributed by atoms with Crippen molar-refractivity contribution >= 4 is 11.6 Å². The van der Waals surface area contributed by atoms with Crippen molar-refractivity contribution in [3.8, 4) is 5.69 Å². The molecule has 0 fully saturated rings. The maximum atomic E-state index is 13.0. The number of benzene rings is 2. The predicted molar refractivity (Wildman–Crippen MR) is 103 cm³/mol. The molecule has 0 bridgehead atoms. The molecule has 1 aromatic heterocycles. The second kappa shape index (κ2) is 7.54. The van der Waals surface area contributed by atoms with Gasteiger partial charge in [0.15, 0.2) is 5.69 Å². The summed E-state index contributed by atoms with van der Waals surface area (Å²) in [5, 5.41) is 6.69. The van der Waals surface area contributed by atoms with Gasteiger partial charge in [-0.05, 0) is 56.2 Å². The number of hydrogen-bond donors (Lipinski definition) is 1. The number of aromatic nitrogens is 2. The van der Waals surface area contributed by atoms with Gasteiger partial charge < -0.3 is 5.32 Å². The Labute approximate surface area is 164 Å². The van der Waals surface area contributed by atoms with Gasteiger partial charge in [0.05, 0.1) is 11.3 Å². The topological polar surface area (TPSA) is 64.0 Å². The molecular weight excluding hydrogens is 383 g/mol. The molecule has 0 atom stereocenters. The van der Waals surface area contributed by atoms with Crippen LogP contribution >= 0.6 is 0 Å². The van der Waals surface area contributed by atoms with Crippen LogP contribution < -0.4 is 10.7 Å². The molecule has 5 nitrogen and oxygen atoms in total. The molecule has 1 amide bonds. The maximum absolute atomic E-state index is 13.0. The van der Waals surface area contributed by atoms with E-state index in [9.17, 15) is 22.8 Å². The average Bonchev–Trinajstić information content (AvgIpc) is 2.65. The molecule has 3 rings (SSSR count). The Morgan fingerprint density at radius 3 is 2.41 bits per heavy atom. The lowest BCUT2D eigenvalue weighted by Gasteiger charge is -2.14. The number of anilines is 1. The maximum Gasteiger partial charge on any atom is 0.416 e. The highest BCUT2D eigenvalue weighted by atomic mass is 19.4. The largest absolute Gasteiger partial charge is 0.416 e. The van der Waals surface area contributed by atoms with Crippen LogP contribution in [-0.4, -0.2) is 15.7 Å². The van der Waals surface area contributed by atoms with Crippen LogP contribution in [0.4, 0.5) is 18.9 Å². The Kier molecular flexibility index (Phi) is 5.28. The number of alkyl halides is 3. The molecule has 1 N–H and O–H groups in total. The van der Waals surface area contributed by atoms with Crippen LogP contribution in [0.25, 0.3) is 5.69 Å². The van der Waals surface area contributed by atoms with Gasteiger partial charge in [0.2, 0.25) is 5.43 Å². The van der Waals surface area contributed by atoms with Gasteiger partial charge in [-0.3, -0.25) is 9.59 Å². The van der Waals surface area contributed by atoms with E-state index in [4.69, 9.17) is 0 Å². The fraction of sp³-hybridized carbons (Fsp3) is 0.190. The van der Waals surface area contributed by atoms with Gasteiger partial charge in [-0.25, -0.2) is 4.68 Å². The SMILES string of the molecule is Cc1cccc(NC(=O)c2nn(-c3cccc(C(F)(F)F)c3)c(C)cc2=O)c1C. The van der Waals surface area contributed by atoms with Crippen molar-refractivity contribution in [1.82, 2.24) is 9.78 Å². The van der Waals surface area contributed by atoms with E-state index in [-0.39, 0.29) is 5.69 Å². The molecule has 0 aliphatic carbocycles. The summed E-state index contributed by atoms with van der Waals surface area (Å²) in [4.78, 5) is 25.0. The summed E-state index contributed by atoms with van der Waals surface area (Å²) in [5.41, 5.74) is 0.851. The van der Waals surface area contributed by atoms with Crippen molar-refractivity contribution in [2.75, 3.05) is 5.32 Å². The van der Waals surface area contributed by atoms with Crippen LogP contribution in [-0.2, 0) is 6.18 Å². The molecule has 0 spiro atoms. The van der Waals surface area contributed by atoms with Crippen LogP contribution in [0.1, 0.15) is 32.9 Å². The predicted octanol–water partition coefficient (Wildman–Crippen LogP) is 4.43. The van der Waals surface area contributed by atoms with Gasteiger partial charge >= 0.3 is 6.18 Å². The van der Waals surface area contributed by atoms with Crippen molar-refractivity contribution in [2.45, 2.75) is 26.9 Å². The lowest BCUT2D eigenvalue weighted by atomic mass is 10.1. The van der Waals surface area contributed by atoms with Crippen molar-refractivity contribution in [2.24, 2.45) is 0 Å². The molecule has 8 heteroatoms. The van der Waals surface area contributed by atoms with Crippen LogP contribution in [0, 0.1) is 20.8 Å². The Balaban J connectivity index is 2.03. The fourth-order valence-corrected chi connectivity index (χ4v) is 2.85. The minimum atomic E-state index is -4.52. The fourth-order valence-electron chi connectivity index (χ4n) is 2.85. The summed E-state index contributed by atoms with van der Waals surface area (Å²) in [5.74, 6) is -0.732. The third kappa shape index (κ3) is 4.21. The molecule has 0 radical (unpaired) electrons. The first kappa shape index (κ1) is 20.3. The van der Waals surface area contributed by atoms with Gasteiger partial charge in [0.25, 0.3) is 5.91 Å². The third-order valence-corrected chi connectivity index (χ3v) is 4.59. The van der Waals surface area contributed by atoms with E-state index < -0.39 is 28.8 Å². The first-order chi connectivity index (χ1) is 13.6. The lowest BCUT2D eigenvalue weighted by molar-refractivity contribution is -0.137. The molecule has 2 aromatic carbocycles. The summed E-state index contributed by atoms with van der Waals surface area (Å²) in [7, 11) is 0. The lowest BCUT2D eigenvalue weighted by Crippen LogP contribution is -2.27.